The van der Waals surface area contributed by atoms with Crippen LogP contribution in [-0.2, 0) is 11.3 Å². The maximum absolute atomic E-state index is 12.1. The molecule has 0 radical (unpaired) electrons. The molecule has 4 heteroatoms. The lowest BCUT2D eigenvalue weighted by molar-refractivity contribution is -0.130. The third-order valence-electron chi connectivity index (χ3n) is 4.87. The molecule has 1 saturated heterocycles. The second kappa shape index (κ2) is 6.16. The van der Waals surface area contributed by atoms with Gasteiger partial charge in [-0.15, -0.1) is 0 Å². The average Bonchev–Trinajstić information content (AvgIpc) is 2.48. The van der Waals surface area contributed by atoms with Crippen molar-refractivity contribution in [3.8, 4) is 0 Å². The average molecular weight is 287 g/mol. The van der Waals surface area contributed by atoms with E-state index in [1.165, 1.54) is 5.56 Å². The molecule has 0 aromatic heterocycles. The van der Waals surface area contributed by atoms with Gasteiger partial charge < -0.3 is 11.1 Å². The molecule has 0 atom stereocenters. The summed E-state index contributed by atoms with van der Waals surface area (Å²) in [7, 11) is 0. The molecule has 1 aliphatic heterocycles. The van der Waals surface area contributed by atoms with Crippen molar-refractivity contribution >= 4 is 5.91 Å². The molecule has 0 bridgehead atoms. The number of nitrogens with zero attached hydrogens (tertiary/aromatic N) is 1. The molecular weight excluding hydrogens is 262 g/mol. The molecule has 1 saturated carbocycles. The van der Waals surface area contributed by atoms with Crippen LogP contribution < -0.4 is 11.1 Å². The monoisotopic (exact) mass is 287 g/mol. The summed E-state index contributed by atoms with van der Waals surface area (Å²) in [6.07, 6.45) is 4.81. The van der Waals surface area contributed by atoms with Crippen LogP contribution in [0.2, 0.25) is 0 Å². The lowest BCUT2D eigenvalue weighted by Gasteiger charge is -2.39. The van der Waals surface area contributed by atoms with Crippen LogP contribution in [0.1, 0.15) is 37.7 Å². The summed E-state index contributed by atoms with van der Waals surface area (Å²) in [5, 5.41) is 3.16. The highest BCUT2D eigenvalue weighted by Crippen LogP contribution is 2.29. The molecule has 4 nitrogen and oxygen atoms in total. The topological polar surface area (TPSA) is 58.4 Å². The number of piperidine rings is 1. The largest absolute Gasteiger partial charge is 0.352 e. The predicted octanol–water partition coefficient (Wildman–Crippen LogP) is 1.65. The summed E-state index contributed by atoms with van der Waals surface area (Å²) in [5.41, 5.74) is 6.86. The number of carbonyl (C=O) groups excluding carboxylic acids is 1. The van der Waals surface area contributed by atoms with Crippen LogP contribution in [0.3, 0.4) is 0 Å². The van der Waals surface area contributed by atoms with E-state index < -0.39 is 5.54 Å². The fourth-order valence-corrected chi connectivity index (χ4v) is 3.19. The third-order valence-corrected chi connectivity index (χ3v) is 4.87. The summed E-state index contributed by atoms with van der Waals surface area (Å²) >= 11 is 0. The van der Waals surface area contributed by atoms with E-state index in [2.05, 4.69) is 34.5 Å². The van der Waals surface area contributed by atoms with E-state index in [4.69, 9.17) is 5.73 Å². The minimum absolute atomic E-state index is 0.0651. The van der Waals surface area contributed by atoms with E-state index in [1.54, 1.807) is 0 Å². The van der Waals surface area contributed by atoms with Crippen molar-refractivity contribution in [2.45, 2.75) is 50.2 Å². The zero-order valence-electron chi connectivity index (χ0n) is 12.6. The fourth-order valence-electron chi connectivity index (χ4n) is 3.19. The van der Waals surface area contributed by atoms with Crippen molar-refractivity contribution in [2.75, 3.05) is 13.1 Å². The highest BCUT2D eigenvalue weighted by atomic mass is 16.2. The molecule has 3 N–H and O–H groups in total. The van der Waals surface area contributed by atoms with Crippen molar-refractivity contribution in [2.24, 2.45) is 5.73 Å². The third kappa shape index (κ3) is 3.44. The zero-order chi connectivity index (χ0) is 14.7. The van der Waals surface area contributed by atoms with Crippen LogP contribution in [0.5, 0.6) is 0 Å². The fraction of sp³-hybridized carbons (Fsp3) is 0.588. The van der Waals surface area contributed by atoms with Gasteiger partial charge in [-0.25, -0.2) is 0 Å². The van der Waals surface area contributed by atoms with Gasteiger partial charge in [-0.05, 0) is 37.7 Å². The first-order valence-electron chi connectivity index (χ1n) is 8.02. The van der Waals surface area contributed by atoms with E-state index in [1.807, 2.05) is 6.07 Å². The number of likely N-dealkylation sites (tertiary alicyclic amines) is 1. The van der Waals surface area contributed by atoms with Crippen molar-refractivity contribution < 1.29 is 4.79 Å². The number of benzene rings is 1. The lowest BCUT2D eigenvalue weighted by atomic mass is 9.77. The molecule has 21 heavy (non-hydrogen) atoms. The van der Waals surface area contributed by atoms with Gasteiger partial charge in [0.1, 0.15) is 0 Å². The highest BCUT2D eigenvalue weighted by molar-refractivity contribution is 5.87. The van der Waals surface area contributed by atoms with E-state index in [9.17, 15) is 4.79 Å². The Morgan fingerprint density at radius 3 is 2.48 bits per heavy atom. The molecule has 1 aromatic rings. The van der Waals surface area contributed by atoms with Gasteiger partial charge in [-0.1, -0.05) is 30.3 Å². The number of hydrogen-bond acceptors (Lipinski definition) is 3. The maximum atomic E-state index is 12.1. The predicted molar refractivity (Wildman–Crippen MR) is 83.7 cm³/mol. The number of hydrogen-bond donors (Lipinski definition) is 2. The second-order valence-corrected chi connectivity index (χ2v) is 6.52. The standard InChI is InChI=1S/C17H25N3O/c18-17(9-4-10-17)16(21)19-15-7-11-20(12-8-15)13-14-5-2-1-3-6-14/h1-3,5-6,15H,4,7-13,18H2,(H,19,21). The van der Waals surface area contributed by atoms with Crippen LogP contribution in [-0.4, -0.2) is 35.5 Å². The van der Waals surface area contributed by atoms with Crippen LogP contribution in [0.15, 0.2) is 30.3 Å². The normalized spacial score (nSPS) is 22.5. The van der Waals surface area contributed by atoms with Gasteiger partial charge >= 0.3 is 0 Å². The number of carbonyl (C=O) groups is 1. The van der Waals surface area contributed by atoms with Crippen LogP contribution >= 0.6 is 0 Å². The van der Waals surface area contributed by atoms with Gasteiger partial charge in [-0.3, -0.25) is 9.69 Å². The number of rotatable bonds is 4. The first-order valence-corrected chi connectivity index (χ1v) is 8.02. The molecule has 2 fully saturated rings. The quantitative estimate of drug-likeness (QED) is 0.885. The Morgan fingerprint density at radius 1 is 1.24 bits per heavy atom. The van der Waals surface area contributed by atoms with Crippen molar-refractivity contribution in [1.29, 1.82) is 0 Å². The SMILES string of the molecule is NC1(C(=O)NC2CCN(Cc3ccccc3)CC2)CCC1. The van der Waals surface area contributed by atoms with Gasteiger partial charge in [0.2, 0.25) is 5.91 Å². The van der Waals surface area contributed by atoms with Gasteiger partial charge in [0.15, 0.2) is 0 Å². The Morgan fingerprint density at radius 2 is 1.90 bits per heavy atom. The summed E-state index contributed by atoms with van der Waals surface area (Å²) in [6.45, 7) is 3.08. The molecule has 1 amide bonds. The van der Waals surface area contributed by atoms with E-state index in [-0.39, 0.29) is 5.91 Å². The summed E-state index contributed by atoms with van der Waals surface area (Å²) in [6, 6.07) is 10.9. The molecule has 114 valence electrons. The second-order valence-electron chi connectivity index (χ2n) is 6.52. The summed E-state index contributed by atoms with van der Waals surface area (Å²) < 4.78 is 0. The van der Waals surface area contributed by atoms with Gasteiger partial charge in [0.05, 0.1) is 5.54 Å². The number of amides is 1. The Balaban J connectivity index is 1.44. The van der Waals surface area contributed by atoms with E-state index in [0.29, 0.717) is 6.04 Å². The maximum Gasteiger partial charge on any atom is 0.240 e. The summed E-state index contributed by atoms with van der Waals surface area (Å²) in [4.78, 5) is 14.6. The smallest absolute Gasteiger partial charge is 0.240 e. The molecule has 2 aliphatic rings. The highest BCUT2D eigenvalue weighted by Gasteiger charge is 2.40. The summed E-state index contributed by atoms with van der Waals surface area (Å²) in [5.74, 6) is 0.0651. The van der Waals surface area contributed by atoms with Crippen molar-refractivity contribution in [3.05, 3.63) is 35.9 Å². The van der Waals surface area contributed by atoms with Crippen LogP contribution in [0, 0.1) is 0 Å². The van der Waals surface area contributed by atoms with Crippen LogP contribution in [0.4, 0.5) is 0 Å². The number of nitrogens with two attached hydrogens (primary N) is 1. The molecule has 1 heterocycles. The zero-order valence-corrected chi connectivity index (χ0v) is 12.6. The molecule has 3 rings (SSSR count). The minimum Gasteiger partial charge on any atom is -0.352 e. The lowest BCUT2D eigenvalue weighted by Crippen LogP contribution is -2.61. The molecule has 0 unspecified atom stereocenters. The van der Waals surface area contributed by atoms with Crippen LogP contribution in [0.25, 0.3) is 0 Å². The Hall–Kier alpha value is -1.39. The molecule has 1 aromatic carbocycles. The number of nitrogens with one attached hydrogen (secondary N) is 1. The van der Waals surface area contributed by atoms with Crippen molar-refractivity contribution in [1.82, 2.24) is 10.2 Å². The minimum atomic E-state index is -0.568. The van der Waals surface area contributed by atoms with Gasteiger partial charge in [0.25, 0.3) is 0 Å². The Labute approximate surface area is 126 Å². The van der Waals surface area contributed by atoms with Crippen molar-refractivity contribution in [3.63, 3.8) is 0 Å². The first-order chi connectivity index (χ1) is 10.2. The molecular formula is C17H25N3O. The van der Waals surface area contributed by atoms with Gasteiger partial charge in [-0.2, -0.15) is 0 Å². The van der Waals surface area contributed by atoms with E-state index >= 15 is 0 Å². The Kier molecular flexibility index (Phi) is 4.27. The van der Waals surface area contributed by atoms with E-state index in [0.717, 1.165) is 51.7 Å². The molecule has 0 spiro atoms. The molecule has 1 aliphatic carbocycles. The first kappa shape index (κ1) is 14.5. The van der Waals surface area contributed by atoms with Gasteiger partial charge in [0, 0.05) is 25.7 Å². The Bertz CT molecular complexity index is 476.